The molecule has 0 aliphatic carbocycles. The van der Waals surface area contributed by atoms with E-state index in [9.17, 15) is 4.39 Å². The number of hydrogen-bond donors (Lipinski definition) is 0. The van der Waals surface area contributed by atoms with Crippen LogP contribution in [0, 0.1) is 20.8 Å². The van der Waals surface area contributed by atoms with Crippen molar-refractivity contribution in [2.45, 2.75) is 20.8 Å². The van der Waals surface area contributed by atoms with Crippen molar-refractivity contribution in [3.8, 4) is 5.75 Å². The summed E-state index contributed by atoms with van der Waals surface area (Å²) >= 11 is 0. The van der Waals surface area contributed by atoms with Gasteiger partial charge in [0.1, 0.15) is 5.75 Å². The Labute approximate surface area is 72.2 Å². The van der Waals surface area contributed by atoms with Crippen LogP contribution in [-0.2, 0) is 0 Å². The second-order valence-electron chi connectivity index (χ2n) is 2.91. The number of ether oxygens (including phenoxy) is 1. The van der Waals surface area contributed by atoms with Crippen LogP contribution in [0.15, 0.2) is 12.1 Å². The molecule has 0 N–H and O–H groups in total. The Kier molecular flexibility index (Phi) is 2.69. The lowest BCUT2D eigenvalue weighted by atomic mass is 10.1. The molecule has 1 aromatic rings. The van der Waals surface area contributed by atoms with Crippen LogP contribution in [0.4, 0.5) is 4.39 Å². The molecule has 0 aliphatic rings. The Bertz CT molecular complexity index is 281. The summed E-state index contributed by atoms with van der Waals surface area (Å²) in [6, 6.07) is 3.95. The first-order chi connectivity index (χ1) is 5.66. The van der Waals surface area contributed by atoms with Gasteiger partial charge in [0.15, 0.2) is 0 Å². The summed E-state index contributed by atoms with van der Waals surface area (Å²) in [5, 5.41) is 0. The highest BCUT2D eigenvalue weighted by Gasteiger charge is 2.04. The van der Waals surface area contributed by atoms with Crippen LogP contribution in [-0.4, -0.2) is 6.86 Å². The van der Waals surface area contributed by atoms with E-state index < -0.39 is 6.86 Å². The molecule has 1 aromatic carbocycles. The van der Waals surface area contributed by atoms with Gasteiger partial charge in [0.05, 0.1) is 0 Å². The lowest BCUT2D eigenvalue weighted by molar-refractivity contribution is 0.189. The van der Waals surface area contributed by atoms with E-state index in [4.69, 9.17) is 4.74 Å². The molecule has 0 fully saturated rings. The van der Waals surface area contributed by atoms with Gasteiger partial charge in [-0.3, -0.25) is 0 Å². The maximum Gasteiger partial charge on any atom is 0.228 e. The van der Waals surface area contributed by atoms with Crippen LogP contribution in [0.3, 0.4) is 0 Å². The lowest BCUT2D eigenvalue weighted by Crippen LogP contribution is -1.96. The molecular formula is C10H13FO. The molecule has 0 amide bonds. The number of alkyl halides is 1. The molecule has 0 unspecified atom stereocenters. The zero-order valence-corrected chi connectivity index (χ0v) is 7.65. The van der Waals surface area contributed by atoms with Crippen LogP contribution in [0.1, 0.15) is 16.7 Å². The van der Waals surface area contributed by atoms with E-state index in [0.29, 0.717) is 5.75 Å². The van der Waals surface area contributed by atoms with Gasteiger partial charge in [-0.2, -0.15) is 0 Å². The van der Waals surface area contributed by atoms with E-state index in [1.807, 2.05) is 32.9 Å². The second-order valence-corrected chi connectivity index (χ2v) is 2.91. The molecule has 12 heavy (non-hydrogen) atoms. The lowest BCUT2D eigenvalue weighted by Gasteiger charge is -2.10. The normalized spacial score (nSPS) is 10.0. The van der Waals surface area contributed by atoms with Crippen molar-refractivity contribution >= 4 is 0 Å². The predicted molar refractivity (Wildman–Crippen MR) is 47.3 cm³/mol. The van der Waals surface area contributed by atoms with Crippen molar-refractivity contribution < 1.29 is 9.13 Å². The van der Waals surface area contributed by atoms with Gasteiger partial charge in [-0.1, -0.05) is 12.1 Å². The summed E-state index contributed by atoms with van der Waals surface area (Å²) in [6.45, 7) is 5.08. The molecule has 0 heterocycles. The second kappa shape index (κ2) is 3.57. The van der Waals surface area contributed by atoms with Gasteiger partial charge >= 0.3 is 0 Å². The number of halogens is 1. The van der Waals surface area contributed by atoms with Crippen LogP contribution in [0.2, 0.25) is 0 Å². The van der Waals surface area contributed by atoms with Gasteiger partial charge in [0.2, 0.25) is 6.86 Å². The van der Waals surface area contributed by atoms with Gasteiger partial charge in [-0.05, 0) is 37.5 Å². The fourth-order valence-corrected chi connectivity index (χ4v) is 1.20. The third-order valence-electron chi connectivity index (χ3n) is 2.07. The minimum atomic E-state index is -0.759. The average Bonchev–Trinajstić information content (AvgIpc) is 2.06. The molecule has 1 rings (SSSR count). The maximum atomic E-state index is 11.9. The molecule has 1 nitrogen and oxygen atoms in total. The van der Waals surface area contributed by atoms with E-state index in [0.717, 1.165) is 16.7 Å². The Morgan fingerprint density at radius 2 is 1.75 bits per heavy atom. The molecule has 0 atom stereocenters. The molecule has 0 aromatic heterocycles. The van der Waals surface area contributed by atoms with Crippen LogP contribution in [0.25, 0.3) is 0 Å². The first kappa shape index (κ1) is 9.04. The molecule has 2 heteroatoms. The van der Waals surface area contributed by atoms with Crippen molar-refractivity contribution in [3.05, 3.63) is 28.8 Å². The van der Waals surface area contributed by atoms with Crippen molar-refractivity contribution in [1.29, 1.82) is 0 Å². The smallest absolute Gasteiger partial charge is 0.228 e. The quantitative estimate of drug-likeness (QED) is 0.659. The summed E-state index contributed by atoms with van der Waals surface area (Å²) in [4.78, 5) is 0. The van der Waals surface area contributed by atoms with Gasteiger partial charge < -0.3 is 4.74 Å². The summed E-state index contributed by atoms with van der Waals surface area (Å²) in [6.07, 6.45) is 0. The molecule has 0 saturated heterocycles. The molecular weight excluding hydrogens is 155 g/mol. The number of rotatable bonds is 2. The molecule has 0 radical (unpaired) electrons. The zero-order chi connectivity index (χ0) is 9.14. The monoisotopic (exact) mass is 168 g/mol. The van der Waals surface area contributed by atoms with E-state index in [1.165, 1.54) is 0 Å². The molecule has 0 saturated carbocycles. The first-order valence-electron chi connectivity index (χ1n) is 3.92. The predicted octanol–water partition coefficient (Wildman–Crippen LogP) is 2.92. The van der Waals surface area contributed by atoms with Crippen molar-refractivity contribution in [1.82, 2.24) is 0 Å². The van der Waals surface area contributed by atoms with E-state index in [1.54, 1.807) is 0 Å². The van der Waals surface area contributed by atoms with Crippen molar-refractivity contribution in [2.24, 2.45) is 0 Å². The highest BCUT2D eigenvalue weighted by molar-refractivity contribution is 5.44. The van der Waals surface area contributed by atoms with Gasteiger partial charge in [0, 0.05) is 0 Å². The van der Waals surface area contributed by atoms with Gasteiger partial charge in [-0.15, -0.1) is 0 Å². The highest BCUT2D eigenvalue weighted by Crippen LogP contribution is 2.25. The fraction of sp³-hybridized carbons (Fsp3) is 0.400. The maximum absolute atomic E-state index is 11.9. The molecule has 0 bridgehead atoms. The number of benzene rings is 1. The van der Waals surface area contributed by atoms with Crippen molar-refractivity contribution in [2.75, 3.05) is 6.86 Å². The summed E-state index contributed by atoms with van der Waals surface area (Å²) < 4.78 is 16.8. The average molecular weight is 168 g/mol. The number of aryl methyl sites for hydroxylation is 2. The largest absolute Gasteiger partial charge is 0.462 e. The Morgan fingerprint density at radius 3 is 2.33 bits per heavy atom. The van der Waals surface area contributed by atoms with E-state index in [-0.39, 0.29) is 0 Å². The zero-order valence-electron chi connectivity index (χ0n) is 7.65. The third kappa shape index (κ3) is 1.58. The minimum absolute atomic E-state index is 0.678. The Hall–Kier alpha value is -1.05. The topological polar surface area (TPSA) is 9.23 Å². The SMILES string of the molecule is Cc1ccc(C)c(OCF)c1C. The highest BCUT2D eigenvalue weighted by atomic mass is 19.1. The Morgan fingerprint density at radius 1 is 1.17 bits per heavy atom. The van der Waals surface area contributed by atoms with Crippen LogP contribution >= 0.6 is 0 Å². The molecule has 0 spiro atoms. The van der Waals surface area contributed by atoms with E-state index >= 15 is 0 Å². The molecule has 0 aliphatic heterocycles. The summed E-state index contributed by atoms with van der Waals surface area (Å²) in [5.41, 5.74) is 3.13. The molecule has 66 valence electrons. The van der Waals surface area contributed by atoms with Gasteiger partial charge in [-0.25, -0.2) is 4.39 Å². The summed E-state index contributed by atoms with van der Waals surface area (Å²) in [7, 11) is 0. The van der Waals surface area contributed by atoms with E-state index in [2.05, 4.69) is 0 Å². The fourth-order valence-electron chi connectivity index (χ4n) is 1.20. The summed E-state index contributed by atoms with van der Waals surface area (Å²) in [5.74, 6) is 0.678. The Balaban J connectivity index is 3.14. The standard InChI is InChI=1S/C10H13FO/c1-7-4-5-8(2)10(9(7)3)12-6-11/h4-5H,6H2,1-3H3. The first-order valence-corrected chi connectivity index (χ1v) is 3.92. The minimum Gasteiger partial charge on any atom is -0.462 e. The number of hydrogen-bond acceptors (Lipinski definition) is 1. The van der Waals surface area contributed by atoms with Crippen LogP contribution < -0.4 is 4.74 Å². The van der Waals surface area contributed by atoms with Crippen molar-refractivity contribution in [3.63, 3.8) is 0 Å². The van der Waals surface area contributed by atoms with Gasteiger partial charge in [0.25, 0.3) is 0 Å². The third-order valence-corrected chi connectivity index (χ3v) is 2.07. The van der Waals surface area contributed by atoms with Crippen LogP contribution in [0.5, 0.6) is 5.75 Å².